The summed E-state index contributed by atoms with van der Waals surface area (Å²) in [7, 11) is 0. The fraction of sp³-hybridized carbons (Fsp3) is 0.520. The molecule has 7 nitrogen and oxygen atoms in total. The van der Waals surface area contributed by atoms with E-state index in [1.165, 1.54) is 31.0 Å². The van der Waals surface area contributed by atoms with Crippen molar-refractivity contribution in [3.05, 3.63) is 53.4 Å². The zero-order valence-electron chi connectivity index (χ0n) is 18.5. The van der Waals surface area contributed by atoms with E-state index in [2.05, 4.69) is 15.3 Å². The van der Waals surface area contributed by atoms with Gasteiger partial charge in [-0.15, -0.1) is 0 Å². The highest BCUT2D eigenvalue weighted by Gasteiger charge is 2.37. The molecule has 2 aromatic rings. The molecular formula is C25H28FN5O2. The number of nitrogens with one attached hydrogen (secondary N) is 2. The molecule has 172 valence electrons. The number of carbonyl (C=O) groups excluding carboxylic acids is 1. The van der Waals surface area contributed by atoms with Crippen molar-refractivity contribution in [3.8, 4) is 5.75 Å². The van der Waals surface area contributed by atoms with Crippen LogP contribution in [0.3, 0.4) is 0 Å². The minimum atomic E-state index is -0.422. The standard InChI is InChI=1S/C25H28FN5O2/c26-16-3-6-20(23(7-16)33-19-8-17-4-5-18(9-19)30-17)25(32)31-12-21(22(27)13-31)24-28-10-15(11-29-24)14-1-2-14/h3,6-7,10-11,14,17-19,21,27,30H,1-2,4-5,8-9,12-13H2. The van der Waals surface area contributed by atoms with Crippen LogP contribution in [0, 0.1) is 11.2 Å². The van der Waals surface area contributed by atoms with Gasteiger partial charge in [0.1, 0.15) is 23.5 Å². The fourth-order valence-electron chi connectivity index (χ4n) is 5.48. The molecule has 1 saturated carbocycles. The van der Waals surface area contributed by atoms with Crippen LogP contribution in [0.4, 0.5) is 4.39 Å². The number of rotatable bonds is 5. The molecule has 0 radical (unpaired) electrons. The molecule has 1 aromatic carbocycles. The topological polar surface area (TPSA) is 91.2 Å². The first-order chi connectivity index (χ1) is 16.0. The van der Waals surface area contributed by atoms with Crippen molar-refractivity contribution in [2.24, 2.45) is 0 Å². The molecule has 3 aliphatic heterocycles. The molecule has 1 amide bonds. The quantitative estimate of drug-likeness (QED) is 0.730. The summed E-state index contributed by atoms with van der Waals surface area (Å²) in [5.74, 6) is 0.476. The van der Waals surface area contributed by atoms with E-state index in [0.717, 1.165) is 31.2 Å². The Bertz CT molecular complexity index is 1070. The van der Waals surface area contributed by atoms with Crippen LogP contribution in [0.25, 0.3) is 0 Å². The van der Waals surface area contributed by atoms with Crippen molar-refractivity contribution in [2.75, 3.05) is 13.1 Å². The van der Waals surface area contributed by atoms with Gasteiger partial charge in [0.15, 0.2) is 0 Å². The van der Waals surface area contributed by atoms with Crippen LogP contribution in [-0.4, -0.2) is 57.8 Å². The van der Waals surface area contributed by atoms with Gasteiger partial charge in [0, 0.05) is 42.8 Å². The lowest BCUT2D eigenvalue weighted by molar-refractivity contribution is 0.0781. The SMILES string of the molecule is N=C1CN(C(=O)c2ccc(F)cc2OC2CC3CCC(C2)N3)CC1c1ncc(C2CC2)cn1. The van der Waals surface area contributed by atoms with E-state index in [-0.39, 0.29) is 24.5 Å². The van der Waals surface area contributed by atoms with Gasteiger partial charge in [0.2, 0.25) is 0 Å². The maximum atomic E-state index is 14.1. The highest BCUT2D eigenvalue weighted by molar-refractivity contribution is 6.02. The molecule has 2 N–H and O–H groups in total. The Kier molecular flexibility index (Phi) is 5.13. The second kappa shape index (κ2) is 8.17. The monoisotopic (exact) mass is 449 g/mol. The summed E-state index contributed by atoms with van der Waals surface area (Å²) in [5, 5.41) is 12.0. The second-order valence-electron chi connectivity index (χ2n) is 9.90. The molecule has 1 aliphatic carbocycles. The minimum Gasteiger partial charge on any atom is -0.489 e. The summed E-state index contributed by atoms with van der Waals surface area (Å²) in [6.07, 6.45) is 10.1. The molecule has 4 heterocycles. The lowest BCUT2D eigenvalue weighted by Crippen LogP contribution is -2.42. The molecule has 3 atom stereocenters. The number of benzene rings is 1. The number of hydrogen-bond donors (Lipinski definition) is 2. The minimum absolute atomic E-state index is 0.0277. The first-order valence-corrected chi connectivity index (χ1v) is 11.9. The van der Waals surface area contributed by atoms with Crippen LogP contribution in [0.2, 0.25) is 0 Å². The van der Waals surface area contributed by atoms with E-state index >= 15 is 0 Å². The highest BCUT2D eigenvalue weighted by atomic mass is 19.1. The molecule has 33 heavy (non-hydrogen) atoms. The predicted octanol–water partition coefficient (Wildman–Crippen LogP) is 3.41. The van der Waals surface area contributed by atoms with Crippen LogP contribution in [-0.2, 0) is 0 Å². The Balaban J connectivity index is 1.19. The summed E-state index contributed by atoms with van der Waals surface area (Å²) in [6.45, 7) is 0.556. The second-order valence-corrected chi connectivity index (χ2v) is 9.90. The van der Waals surface area contributed by atoms with Crippen molar-refractivity contribution < 1.29 is 13.9 Å². The Morgan fingerprint density at radius 2 is 1.85 bits per heavy atom. The Hall–Kier alpha value is -2.87. The van der Waals surface area contributed by atoms with Gasteiger partial charge < -0.3 is 20.4 Å². The number of likely N-dealkylation sites (tertiary alicyclic amines) is 1. The zero-order chi connectivity index (χ0) is 22.5. The van der Waals surface area contributed by atoms with Crippen molar-refractivity contribution in [2.45, 2.75) is 68.5 Å². The summed E-state index contributed by atoms with van der Waals surface area (Å²) in [4.78, 5) is 24.0. The van der Waals surface area contributed by atoms with Crippen LogP contribution in [0.5, 0.6) is 5.75 Å². The van der Waals surface area contributed by atoms with Crippen molar-refractivity contribution in [1.29, 1.82) is 5.41 Å². The number of aromatic nitrogens is 2. The molecule has 4 aliphatic rings. The van der Waals surface area contributed by atoms with E-state index in [0.29, 0.717) is 47.4 Å². The van der Waals surface area contributed by atoms with Gasteiger partial charge in [-0.05, 0) is 62.1 Å². The lowest BCUT2D eigenvalue weighted by Gasteiger charge is -2.30. The van der Waals surface area contributed by atoms with Gasteiger partial charge in [0.25, 0.3) is 5.91 Å². The Labute approximate surface area is 192 Å². The van der Waals surface area contributed by atoms with Gasteiger partial charge in [-0.25, -0.2) is 14.4 Å². The average molecular weight is 450 g/mol. The number of piperidine rings is 1. The third-order valence-corrected chi connectivity index (χ3v) is 7.42. The van der Waals surface area contributed by atoms with Gasteiger partial charge >= 0.3 is 0 Å². The maximum Gasteiger partial charge on any atom is 0.257 e. The number of carbonyl (C=O) groups is 1. The van der Waals surface area contributed by atoms with Gasteiger partial charge in [-0.2, -0.15) is 0 Å². The number of halogens is 1. The number of fused-ring (bicyclic) bond motifs is 2. The molecule has 4 fully saturated rings. The van der Waals surface area contributed by atoms with Crippen LogP contribution in [0.1, 0.15) is 72.1 Å². The summed E-state index contributed by atoms with van der Waals surface area (Å²) >= 11 is 0. The number of ether oxygens (including phenoxy) is 1. The Morgan fingerprint density at radius 3 is 2.55 bits per heavy atom. The first-order valence-electron chi connectivity index (χ1n) is 11.9. The zero-order valence-corrected chi connectivity index (χ0v) is 18.5. The predicted molar refractivity (Wildman–Crippen MR) is 120 cm³/mol. The van der Waals surface area contributed by atoms with Crippen LogP contribution >= 0.6 is 0 Å². The van der Waals surface area contributed by atoms with Gasteiger partial charge in [0.05, 0.1) is 18.0 Å². The third kappa shape index (κ3) is 4.12. The van der Waals surface area contributed by atoms with Gasteiger partial charge in [-0.3, -0.25) is 4.79 Å². The van der Waals surface area contributed by atoms with Crippen molar-refractivity contribution in [3.63, 3.8) is 0 Å². The molecule has 8 heteroatoms. The lowest BCUT2D eigenvalue weighted by atomic mass is 10.0. The van der Waals surface area contributed by atoms with E-state index in [1.807, 2.05) is 12.4 Å². The van der Waals surface area contributed by atoms with E-state index in [9.17, 15) is 9.18 Å². The number of nitrogens with zero attached hydrogens (tertiary/aromatic N) is 3. The van der Waals surface area contributed by atoms with Crippen molar-refractivity contribution in [1.82, 2.24) is 20.2 Å². The molecule has 1 aromatic heterocycles. The van der Waals surface area contributed by atoms with E-state index in [4.69, 9.17) is 10.1 Å². The smallest absolute Gasteiger partial charge is 0.257 e. The molecule has 2 bridgehead atoms. The largest absolute Gasteiger partial charge is 0.489 e. The highest BCUT2D eigenvalue weighted by Crippen LogP contribution is 2.39. The Morgan fingerprint density at radius 1 is 1.12 bits per heavy atom. The molecule has 6 rings (SSSR count). The molecule has 3 unspecified atom stereocenters. The maximum absolute atomic E-state index is 14.1. The van der Waals surface area contributed by atoms with Crippen LogP contribution in [0.15, 0.2) is 30.6 Å². The van der Waals surface area contributed by atoms with E-state index in [1.54, 1.807) is 4.90 Å². The summed E-state index contributed by atoms with van der Waals surface area (Å²) in [5.41, 5.74) is 1.92. The van der Waals surface area contributed by atoms with E-state index < -0.39 is 5.82 Å². The molecule has 3 saturated heterocycles. The normalized spacial score (nSPS) is 28.9. The fourth-order valence-corrected chi connectivity index (χ4v) is 5.48. The first kappa shape index (κ1) is 20.7. The summed E-state index contributed by atoms with van der Waals surface area (Å²) < 4.78 is 20.3. The third-order valence-electron chi connectivity index (χ3n) is 7.42. The van der Waals surface area contributed by atoms with Gasteiger partial charge in [-0.1, -0.05) is 0 Å². The number of amides is 1. The number of hydrogen-bond acceptors (Lipinski definition) is 6. The van der Waals surface area contributed by atoms with Crippen LogP contribution < -0.4 is 10.1 Å². The van der Waals surface area contributed by atoms with Crippen molar-refractivity contribution >= 4 is 11.6 Å². The average Bonchev–Trinajstić information content (AvgIpc) is 3.51. The summed E-state index contributed by atoms with van der Waals surface area (Å²) in [6, 6.07) is 4.99. The molecular weight excluding hydrogens is 421 g/mol. The molecule has 0 spiro atoms.